The number of hydrogen-bond donors (Lipinski definition) is 2. The summed E-state index contributed by atoms with van der Waals surface area (Å²) in [6, 6.07) is 21.0. The molecule has 0 aliphatic carbocycles. The number of pyridine rings is 2. The molecule has 5 heteroatoms. The van der Waals surface area contributed by atoms with Crippen molar-refractivity contribution in [2.75, 3.05) is 5.32 Å². The van der Waals surface area contributed by atoms with Crippen LogP contribution in [0.3, 0.4) is 0 Å². The summed E-state index contributed by atoms with van der Waals surface area (Å²) in [5, 5.41) is 16.0. The minimum absolute atomic E-state index is 0.229. The molecule has 0 fully saturated rings. The standard InChI is InChI=1S/C21H16ClN3O/c22-15-7-9-16(10-8-15)25-20(18-5-1-2-12-23-18)17-11-6-14-4-3-13-24-19(14)21(17)26/h1-13,20,25-26H/p+2. The van der Waals surface area contributed by atoms with Crippen molar-refractivity contribution in [1.82, 2.24) is 0 Å². The van der Waals surface area contributed by atoms with Crippen molar-refractivity contribution in [3.63, 3.8) is 0 Å². The van der Waals surface area contributed by atoms with Gasteiger partial charge in [-0.15, -0.1) is 0 Å². The Balaban J connectivity index is 1.83. The maximum atomic E-state index is 10.9. The minimum Gasteiger partial charge on any atom is -0.502 e. The summed E-state index contributed by atoms with van der Waals surface area (Å²) in [6.07, 6.45) is 3.68. The highest BCUT2D eigenvalue weighted by Crippen LogP contribution is 2.34. The first-order valence-electron chi connectivity index (χ1n) is 8.33. The van der Waals surface area contributed by atoms with E-state index >= 15 is 0 Å². The molecule has 1 atom stereocenters. The molecule has 2 aromatic carbocycles. The number of anilines is 1. The first-order valence-corrected chi connectivity index (χ1v) is 8.71. The van der Waals surface area contributed by atoms with Crippen molar-refractivity contribution in [1.29, 1.82) is 0 Å². The number of phenolic OH excluding ortho intramolecular Hbond substituents is 1. The van der Waals surface area contributed by atoms with Crippen LogP contribution < -0.4 is 15.3 Å². The molecule has 2 heterocycles. The third-order valence-electron chi connectivity index (χ3n) is 4.35. The lowest BCUT2D eigenvalue weighted by atomic mass is 9.99. The summed E-state index contributed by atoms with van der Waals surface area (Å²) < 4.78 is 0. The Morgan fingerprint density at radius 2 is 1.65 bits per heavy atom. The Morgan fingerprint density at radius 3 is 2.42 bits per heavy atom. The van der Waals surface area contributed by atoms with Crippen molar-refractivity contribution >= 4 is 28.2 Å². The molecule has 26 heavy (non-hydrogen) atoms. The Bertz CT molecular complexity index is 1040. The molecule has 0 saturated heterocycles. The number of benzene rings is 2. The van der Waals surface area contributed by atoms with Crippen LogP contribution in [0, 0.1) is 0 Å². The SMILES string of the molecule is Oc1c(C(Nc2ccc(Cl)cc2)c2cccc[nH+]2)ccc2ccc[nH+]c12. The van der Waals surface area contributed by atoms with Crippen molar-refractivity contribution in [2.45, 2.75) is 6.04 Å². The maximum absolute atomic E-state index is 10.9. The molecule has 0 amide bonds. The van der Waals surface area contributed by atoms with Gasteiger partial charge < -0.3 is 10.4 Å². The summed E-state index contributed by atoms with van der Waals surface area (Å²) in [6.45, 7) is 0. The topological polar surface area (TPSA) is 60.5 Å². The average Bonchev–Trinajstić information content (AvgIpc) is 2.69. The van der Waals surface area contributed by atoms with Crippen molar-refractivity contribution in [3.8, 4) is 5.75 Å². The third kappa shape index (κ3) is 3.19. The normalized spacial score (nSPS) is 12.0. The van der Waals surface area contributed by atoms with E-state index in [0.717, 1.165) is 22.3 Å². The summed E-state index contributed by atoms with van der Waals surface area (Å²) in [5.74, 6) is 0.229. The van der Waals surface area contributed by atoms with Crippen LogP contribution >= 0.6 is 11.6 Å². The van der Waals surface area contributed by atoms with E-state index in [1.165, 1.54) is 0 Å². The highest BCUT2D eigenvalue weighted by atomic mass is 35.5. The maximum Gasteiger partial charge on any atom is 0.253 e. The zero-order valence-corrected chi connectivity index (χ0v) is 14.7. The van der Waals surface area contributed by atoms with Crippen LogP contribution in [0.5, 0.6) is 5.75 Å². The molecule has 4 N–H and O–H groups in total. The van der Waals surface area contributed by atoms with Crippen molar-refractivity contribution < 1.29 is 15.1 Å². The first kappa shape index (κ1) is 16.4. The lowest BCUT2D eigenvalue weighted by Crippen LogP contribution is -2.22. The van der Waals surface area contributed by atoms with Crippen LogP contribution in [0.4, 0.5) is 5.69 Å². The predicted molar refractivity (Wildman–Crippen MR) is 102 cm³/mol. The predicted octanol–water partition coefficient (Wildman–Crippen LogP) is 4.03. The molecule has 2 aromatic heterocycles. The Hall–Kier alpha value is -3.11. The second-order valence-corrected chi connectivity index (χ2v) is 6.48. The van der Waals surface area contributed by atoms with Crippen LogP contribution in [0.2, 0.25) is 5.02 Å². The van der Waals surface area contributed by atoms with Crippen LogP contribution in [-0.4, -0.2) is 5.11 Å². The van der Waals surface area contributed by atoms with Gasteiger partial charge in [0.05, 0.1) is 5.39 Å². The Morgan fingerprint density at radius 1 is 0.846 bits per heavy atom. The average molecular weight is 364 g/mol. The molecule has 0 spiro atoms. The number of rotatable bonds is 4. The van der Waals surface area contributed by atoms with Gasteiger partial charge in [0.2, 0.25) is 5.69 Å². The highest BCUT2D eigenvalue weighted by Gasteiger charge is 2.25. The van der Waals surface area contributed by atoms with Gasteiger partial charge in [0.25, 0.3) is 5.52 Å². The molecular formula is C21H18ClN3O+2. The smallest absolute Gasteiger partial charge is 0.253 e. The van der Waals surface area contributed by atoms with Gasteiger partial charge in [-0.2, -0.15) is 0 Å². The highest BCUT2D eigenvalue weighted by molar-refractivity contribution is 6.30. The summed E-state index contributed by atoms with van der Waals surface area (Å²) in [5.41, 5.74) is 3.34. The zero-order valence-electron chi connectivity index (χ0n) is 13.9. The zero-order chi connectivity index (χ0) is 17.9. The van der Waals surface area contributed by atoms with Gasteiger partial charge in [0.15, 0.2) is 18.1 Å². The molecule has 0 radical (unpaired) electrons. The van der Waals surface area contributed by atoms with E-state index in [-0.39, 0.29) is 11.8 Å². The van der Waals surface area contributed by atoms with Crippen molar-refractivity contribution in [3.05, 3.63) is 95.4 Å². The van der Waals surface area contributed by atoms with Crippen molar-refractivity contribution in [2.24, 2.45) is 0 Å². The second-order valence-electron chi connectivity index (χ2n) is 6.04. The van der Waals surface area contributed by atoms with Crippen LogP contribution in [0.15, 0.2) is 79.1 Å². The third-order valence-corrected chi connectivity index (χ3v) is 4.60. The van der Waals surface area contributed by atoms with Gasteiger partial charge >= 0.3 is 0 Å². The fraction of sp³-hybridized carbons (Fsp3) is 0.0476. The van der Waals surface area contributed by atoms with E-state index in [2.05, 4.69) is 15.3 Å². The lowest BCUT2D eigenvalue weighted by Gasteiger charge is -2.18. The van der Waals surface area contributed by atoms with E-state index in [1.54, 1.807) is 0 Å². The number of aromatic amines is 2. The summed E-state index contributed by atoms with van der Waals surface area (Å²) in [7, 11) is 0. The molecule has 0 aliphatic rings. The molecule has 0 bridgehead atoms. The van der Waals surface area contributed by atoms with Crippen LogP contribution in [-0.2, 0) is 0 Å². The quantitative estimate of drug-likeness (QED) is 0.575. The second kappa shape index (κ2) is 7.02. The number of aromatic nitrogens is 2. The molecule has 4 nitrogen and oxygen atoms in total. The Kier molecular flexibility index (Phi) is 4.42. The lowest BCUT2D eigenvalue weighted by molar-refractivity contribution is -0.391. The van der Waals surface area contributed by atoms with E-state index in [0.29, 0.717) is 10.5 Å². The summed E-state index contributed by atoms with van der Waals surface area (Å²) >= 11 is 5.99. The van der Waals surface area contributed by atoms with Gasteiger partial charge in [-0.25, -0.2) is 9.97 Å². The number of fused-ring (bicyclic) bond motifs is 1. The molecule has 1 unspecified atom stereocenters. The number of phenols is 1. The van der Waals surface area contributed by atoms with E-state index in [9.17, 15) is 5.11 Å². The minimum atomic E-state index is -0.254. The molecule has 0 aliphatic heterocycles. The molecule has 0 saturated carbocycles. The number of hydrogen-bond acceptors (Lipinski definition) is 2. The fourth-order valence-corrected chi connectivity index (χ4v) is 3.18. The molecule has 128 valence electrons. The number of nitrogens with one attached hydrogen (secondary N) is 3. The van der Waals surface area contributed by atoms with Gasteiger partial charge in [0, 0.05) is 34.5 Å². The Labute approximate surface area is 156 Å². The van der Waals surface area contributed by atoms with E-state index < -0.39 is 0 Å². The van der Waals surface area contributed by atoms with Gasteiger partial charge in [-0.05, 0) is 36.4 Å². The number of H-pyrrole nitrogens is 2. The first-order chi connectivity index (χ1) is 12.7. The van der Waals surface area contributed by atoms with E-state index in [4.69, 9.17) is 11.6 Å². The van der Waals surface area contributed by atoms with Gasteiger partial charge in [-0.1, -0.05) is 23.7 Å². The van der Waals surface area contributed by atoms with Crippen LogP contribution in [0.25, 0.3) is 10.9 Å². The van der Waals surface area contributed by atoms with Gasteiger partial charge in [0.1, 0.15) is 6.04 Å². The number of aromatic hydroxyl groups is 1. The fourth-order valence-electron chi connectivity index (χ4n) is 3.05. The monoisotopic (exact) mass is 363 g/mol. The molecule has 4 aromatic rings. The van der Waals surface area contributed by atoms with E-state index in [1.807, 2.05) is 79.1 Å². The largest absolute Gasteiger partial charge is 0.502 e. The van der Waals surface area contributed by atoms with Crippen LogP contribution in [0.1, 0.15) is 17.3 Å². The van der Waals surface area contributed by atoms with Gasteiger partial charge in [-0.3, -0.25) is 0 Å². The molecule has 4 rings (SSSR count). The molecular weight excluding hydrogens is 346 g/mol. The number of halogens is 1. The summed E-state index contributed by atoms with van der Waals surface area (Å²) in [4.78, 5) is 6.40.